The first kappa shape index (κ1) is 21.4. The van der Waals surface area contributed by atoms with Gasteiger partial charge in [-0.3, -0.25) is 19.2 Å². The summed E-state index contributed by atoms with van der Waals surface area (Å²) in [6.07, 6.45) is -0.169. The molecule has 3 N–H and O–H groups in total. The van der Waals surface area contributed by atoms with Crippen LogP contribution >= 0.6 is 0 Å². The van der Waals surface area contributed by atoms with Gasteiger partial charge in [0, 0.05) is 31.3 Å². The van der Waals surface area contributed by atoms with Gasteiger partial charge in [-0.05, 0) is 18.1 Å². The number of hydrogen-bond acceptors (Lipinski definition) is 6. The Morgan fingerprint density at radius 3 is 2.67 bits per heavy atom. The van der Waals surface area contributed by atoms with Gasteiger partial charge in [0.05, 0.1) is 12.3 Å². The zero-order chi connectivity index (χ0) is 21.8. The molecule has 0 aliphatic carbocycles. The van der Waals surface area contributed by atoms with Crippen LogP contribution in [0.4, 0.5) is 5.69 Å². The number of carboxylic acid groups (broad SMARTS) is 1. The van der Waals surface area contributed by atoms with Crippen LogP contribution in [0.15, 0.2) is 18.2 Å². The second kappa shape index (κ2) is 9.02. The van der Waals surface area contributed by atoms with E-state index in [2.05, 4.69) is 10.6 Å². The van der Waals surface area contributed by atoms with Gasteiger partial charge in [0.25, 0.3) is 0 Å². The van der Waals surface area contributed by atoms with Crippen LogP contribution in [-0.4, -0.2) is 54.7 Å². The minimum atomic E-state index is -1.02. The Balaban J connectivity index is 1.61. The fraction of sp³-hybridized carbons (Fsp3) is 0.500. The third-order valence-corrected chi connectivity index (χ3v) is 5.05. The van der Waals surface area contributed by atoms with E-state index in [0.29, 0.717) is 17.2 Å². The van der Waals surface area contributed by atoms with Gasteiger partial charge < -0.3 is 30.1 Å². The maximum Gasteiger partial charge on any atom is 0.305 e. The second-order valence-corrected chi connectivity index (χ2v) is 7.61. The Hall–Kier alpha value is -3.30. The van der Waals surface area contributed by atoms with Gasteiger partial charge in [0.2, 0.25) is 24.5 Å². The summed E-state index contributed by atoms with van der Waals surface area (Å²) < 4.78 is 10.6. The van der Waals surface area contributed by atoms with Crippen molar-refractivity contribution in [1.82, 2.24) is 10.6 Å². The molecule has 10 heteroatoms. The molecule has 2 atom stereocenters. The van der Waals surface area contributed by atoms with Gasteiger partial charge in [0.1, 0.15) is 6.04 Å². The summed E-state index contributed by atoms with van der Waals surface area (Å²) in [5.41, 5.74) is 0.617. The Labute approximate surface area is 173 Å². The third kappa shape index (κ3) is 4.81. The first-order valence-electron chi connectivity index (χ1n) is 9.76. The lowest BCUT2D eigenvalue weighted by molar-refractivity contribution is -0.137. The third-order valence-electron chi connectivity index (χ3n) is 5.05. The van der Waals surface area contributed by atoms with Crippen molar-refractivity contribution in [3.63, 3.8) is 0 Å². The zero-order valence-electron chi connectivity index (χ0n) is 16.8. The van der Waals surface area contributed by atoms with Gasteiger partial charge in [-0.2, -0.15) is 0 Å². The number of ether oxygens (including phenoxy) is 2. The average molecular weight is 419 g/mol. The van der Waals surface area contributed by atoms with Gasteiger partial charge in [-0.1, -0.05) is 13.8 Å². The molecule has 1 aromatic carbocycles. The van der Waals surface area contributed by atoms with Crippen LogP contribution in [0.2, 0.25) is 0 Å². The average Bonchev–Trinajstić information content (AvgIpc) is 3.30. The van der Waals surface area contributed by atoms with E-state index in [0.717, 1.165) is 0 Å². The molecule has 10 nitrogen and oxygen atoms in total. The number of rotatable bonds is 8. The SMILES string of the molecule is CC(C)C(NC(=O)C1CC(=O)N(c2ccc3c(c2)OCO3)C1)C(=O)NCCC(=O)O. The molecule has 2 unspecified atom stereocenters. The van der Waals surface area contributed by atoms with Crippen LogP contribution in [0, 0.1) is 11.8 Å². The summed E-state index contributed by atoms with van der Waals surface area (Å²) in [5.74, 6) is -1.71. The highest BCUT2D eigenvalue weighted by Crippen LogP contribution is 2.37. The van der Waals surface area contributed by atoms with Gasteiger partial charge in [0.15, 0.2) is 11.5 Å². The minimum absolute atomic E-state index is 0.0208. The molecule has 0 spiro atoms. The summed E-state index contributed by atoms with van der Waals surface area (Å²) in [5, 5.41) is 13.9. The number of nitrogens with zero attached hydrogens (tertiary/aromatic N) is 1. The van der Waals surface area contributed by atoms with E-state index in [-0.39, 0.29) is 44.5 Å². The Bertz CT molecular complexity index is 855. The highest BCUT2D eigenvalue weighted by molar-refractivity contribution is 6.01. The lowest BCUT2D eigenvalue weighted by atomic mass is 10.0. The van der Waals surface area contributed by atoms with Crippen LogP contribution in [-0.2, 0) is 19.2 Å². The summed E-state index contributed by atoms with van der Waals surface area (Å²) in [6, 6.07) is 4.33. The number of benzene rings is 1. The van der Waals surface area contributed by atoms with E-state index in [9.17, 15) is 19.2 Å². The van der Waals surface area contributed by atoms with Crippen molar-refractivity contribution in [3.8, 4) is 11.5 Å². The van der Waals surface area contributed by atoms with Crippen molar-refractivity contribution in [2.75, 3.05) is 24.8 Å². The number of amides is 3. The predicted molar refractivity (Wildman–Crippen MR) is 105 cm³/mol. The van der Waals surface area contributed by atoms with Crippen molar-refractivity contribution in [1.29, 1.82) is 0 Å². The highest BCUT2D eigenvalue weighted by Gasteiger charge is 2.37. The molecule has 0 saturated carbocycles. The second-order valence-electron chi connectivity index (χ2n) is 7.61. The van der Waals surface area contributed by atoms with Crippen LogP contribution < -0.4 is 25.0 Å². The quantitative estimate of drug-likeness (QED) is 0.558. The topological polar surface area (TPSA) is 134 Å². The van der Waals surface area contributed by atoms with E-state index >= 15 is 0 Å². The molecule has 3 rings (SSSR count). The van der Waals surface area contributed by atoms with Crippen LogP contribution in [0.25, 0.3) is 0 Å². The number of nitrogens with one attached hydrogen (secondary N) is 2. The molecular weight excluding hydrogens is 394 g/mol. The lowest BCUT2D eigenvalue weighted by Gasteiger charge is -2.23. The maximum atomic E-state index is 12.7. The summed E-state index contributed by atoms with van der Waals surface area (Å²) in [7, 11) is 0. The van der Waals surface area contributed by atoms with Crippen molar-refractivity contribution in [3.05, 3.63) is 18.2 Å². The van der Waals surface area contributed by atoms with Gasteiger partial charge in [-0.15, -0.1) is 0 Å². The Morgan fingerprint density at radius 2 is 1.97 bits per heavy atom. The largest absolute Gasteiger partial charge is 0.481 e. The molecule has 1 aromatic rings. The first-order chi connectivity index (χ1) is 14.3. The van der Waals surface area contributed by atoms with E-state index in [1.165, 1.54) is 4.90 Å². The number of fused-ring (bicyclic) bond motifs is 1. The van der Waals surface area contributed by atoms with E-state index in [4.69, 9.17) is 14.6 Å². The summed E-state index contributed by atoms with van der Waals surface area (Å²) in [4.78, 5) is 49.7. The predicted octanol–water partition coefficient (Wildman–Crippen LogP) is 0.500. The molecule has 0 radical (unpaired) electrons. The molecule has 2 heterocycles. The van der Waals surface area contributed by atoms with Crippen molar-refractivity contribution in [2.24, 2.45) is 11.8 Å². The van der Waals surface area contributed by atoms with E-state index < -0.39 is 29.7 Å². The van der Waals surface area contributed by atoms with E-state index in [1.54, 1.807) is 32.0 Å². The highest BCUT2D eigenvalue weighted by atomic mass is 16.7. The number of carbonyl (C=O) groups is 4. The number of anilines is 1. The fourth-order valence-electron chi connectivity index (χ4n) is 3.39. The molecule has 162 valence electrons. The summed E-state index contributed by atoms with van der Waals surface area (Å²) >= 11 is 0. The monoisotopic (exact) mass is 419 g/mol. The molecule has 2 aliphatic rings. The Kier molecular flexibility index (Phi) is 6.43. The smallest absolute Gasteiger partial charge is 0.305 e. The molecule has 1 saturated heterocycles. The molecule has 3 amide bonds. The number of carbonyl (C=O) groups excluding carboxylic acids is 3. The molecule has 30 heavy (non-hydrogen) atoms. The van der Waals surface area contributed by atoms with Crippen molar-refractivity contribution in [2.45, 2.75) is 32.7 Å². The molecule has 0 bridgehead atoms. The molecule has 0 aromatic heterocycles. The number of hydrogen-bond donors (Lipinski definition) is 3. The normalized spacial score (nSPS) is 18.4. The van der Waals surface area contributed by atoms with Crippen molar-refractivity contribution < 1.29 is 33.8 Å². The van der Waals surface area contributed by atoms with Gasteiger partial charge in [-0.25, -0.2) is 0 Å². The number of carboxylic acids is 1. The maximum absolute atomic E-state index is 12.7. The van der Waals surface area contributed by atoms with Crippen LogP contribution in [0.3, 0.4) is 0 Å². The van der Waals surface area contributed by atoms with Crippen LogP contribution in [0.1, 0.15) is 26.7 Å². The molecule has 2 aliphatic heterocycles. The van der Waals surface area contributed by atoms with Crippen molar-refractivity contribution >= 4 is 29.4 Å². The van der Waals surface area contributed by atoms with E-state index in [1.807, 2.05) is 0 Å². The Morgan fingerprint density at radius 1 is 1.23 bits per heavy atom. The fourth-order valence-corrected chi connectivity index (χ4v) is 3.39. The molecular formula is C20H25N3O7. The zero-order valence-corrected chi connectivity index (χ0v) is 16.8. The minimum Gasteiger partial charge on any atom is -0.481 e. The first-order valence-corrected chi connectivity index (χ1v) is 9.76. The summed E-state index contributed by atoms with van der Waals surface area (Å²) in [6.45, 7) is 3.85. The van der Waals surface area contributed by atoms with Gasteiger partial charge >= 0.3 is 5.97 Å². The van der Waals surface area contributed by atoms with Crippen LogP contribution in [0.5, 0.6) is 11.5 Å². The lowest BCUT2D eigenvalue weighted by Crippen LogP contribution is -2.51. The standard InChI is InChI=1S/C20H25N3O7/c1-11(2)18(20(28)21-6-5-17(25)26)22-19(27)12-7-16(24)23(9-12)13-3-4-14-15(8-13)30-10-29-14/h3-4,8,11-12,18H,5-7,9-10H2,1-2H3,(H,21,28)(H,22,27)(H,25,26). The molecule has 1 fully saturated rings. The number of aliphatic carboxylic acids is 1.